The highest BCUT2D eigenvalue weighted by atomic mass is 32.2. The van der Waals surface area contributed by atoms with Gasteiger partial charge in [-0.25, -0.2) is 4.39 Å². The summed E-state index contributed by atoms with van der Waals surface area (Å²) in [7, 11) is 0. The third-order valence-electron chi connectivity index (χ3n) is 2.73. The Labute approximate surface area is 103 Å². The second-order valence-electron chi connectivity index (χ2n) is 4.07. The molecule has 0 N–H and O–H groups in total. The quantitative estimate of drug-likeness (QED) is 0.833. The largest absolute Gasteiger partial charge is 0.380 e. The van der Waals surface area contributed by atoms with E-state index in [9.17, 15) is 8.60 Å². The van der Waals surface area contributed by atoms with Gasteiger partial charge in [0.05, 0.1) is 6.10 Å². The Morgan fingerprint density at radius 1 is 1.12 bits per heavy atom. The van der Waals surface area contributed by atoms with Crippen LogP contribution in [0.2, 0.25) is 0 Å². The molecular formula is C12H15FO3S. The summed E-state index contributed by atoms with van der Waals surface area (Å²) in [6.07, 6.45) is 1.26. The van der Waals surface area contributed by atoms with Crippen molar-refractivity contribution in [3.05, 3.63) is 30.3 Å². The highest BCUT2D eigenvalue weighted by Gasteiger charge is 2.23. The average Bonchev–Trinajstić information content (AvgIpc) is 2.33. The molecular weight excluding hydrogens is 243 g/mol. The van der Waals surface area contributed by atoms with Crippen molar-refractivity contribution in [2.75, 3.05) is 0 Å². The SMILES string of the molecule is O=S(Oc1ccccc1)OC1CCC(F)CC1. The second-order valence-corrected chi connectivity index (χ2v) is 4.84. The van der Waals surface area contributed by atoms with Crippen LogP contribution in [0, 0.1) is 0 Å². The topological polar surface area (TPSA) is 35.5 Å². The van der Waals surface area contributed by atoms with Gasteiger partial charge in [-0.1, -0.05) is 18.2 Å². The van der Waals surface area contributed by atoms with Crippen molar-refractivity contribution in [2.45, 2.75) is 38.0 Å². The fourth-order valence-electron chi connectivity index (χ4n) is 1.80. The van der Waals surface area contributed by atoms with Crippen molar-refractivity contribution in [2.24, 2.45) is 0 Å². The maximum atomic E-state index is 12.9. The maximum Gasteiger partial charge on any atom is 0.360 e. The zero-order chi connectivity index (χ0) is 12.1. The Balaban J connectivity index is 1.78. The van der Waals surface area contributed by atoms with Crippen LogP contribution in [-0.4, -0.2) is 16.5 Å². The van der Waals surface area contributed by atoms with Gasteiger partial charge in [-0.2, -0.15) is 4.21 Å². The summed E-state index contributed by atoms with van der Waals surface area (Å²) in [5.74, 6) is 0.505. The Morgan fingerprint density at radius 3 is 2.41 bits per heavy atom. The van der Waals surface area contributed by atoms with E-state index in [1.807, 2.05) is 6.07 Å². The van der Waals surface area contributed by atoms with Gasteiger partial charge in [0, 0.05) is 0 Å². The van der Waals surface area contributed by atoms with Crippen molar-refractivity contribution in [1.29, 1.82) is 0 Å². The molecule has 5 heteroatoms. The van der Waals surface area contributed by atoms with Gasteiger partial charge in [0.2, 0.25) is 0 Å². The van der Waals surface area contributed by atoms with Crippen LogP contribution in [0.1, 0.15) is 25.7 Å². The minimum absolute atomic E-state index is 0.161. The zero-order valence-corrected chi connectivity index (χ0v) is 10.2. The van der Waals surface area contributed by atoms with Gasteiger partial charge in [0.1, 0.15) is 11.9 Å². The Bertz CT molecular complexity index is 363. The highest BCUT2D eigenvalue weighted by Crippen LogP contribution is 2.24. The van der Waals surface area contributed by atoms with E-state index in [4.69, 9.17) is 8.37 Å². The summed E-state index contributed by atoms with van der Waals surface area (Å²) < 4.78 is 34.7. The lowest BCUT2D eigenvalue weighted by Crippen LogP contribution is -2.24. The summed E-state index contributed by atoms with van der Waals surface area (Å²) in [5.41, 5.74) is 0. The van der Waals surface area contributed by atoms with E-state index in [0.29, 0.717) is 31.4 Å². The van der Waals surface area contributed by atoms with E-state index in [2.05, 4.69) is 0 Å². The van der Waals surface area contributed by atoms with E-state index in [1.54, 1.807) is 24.3 Å². The number of alkyl halides is 1. The molecule has 0 spiro atoms. The molecule has 0 heterocycles. The third-order valence-corrected chi connectivity index (χ3v) is 3.48. The third kappa shape index (κ3) is 4.09. The fraction of sp³-hybridized carbons (Fsp3) is 0.500. The van der Waals surface area contributed by atoms with Crippen LogP contribution in [0.15, 0.2) is 30.3 Å². The molecule has 2 rings (SSSR count). The molecule has 0 bridgehead atoms. The van der Waals surface area contributed by atoms with Crippen LogP contribution in [-0.2, 0) is 15.5 Å². The predicted octanol–water partition coefficient (Wildman–Crippen LogP) is 2.94. The van der Waals surface area contributed by atoms with Crippen LogP contribution in [0.3, 0.4) is 0 Å². The lowest BCUT2D eigenvalue weighted by atomic mass is 9.96. The summed E-state index contributed by atoms with van der Waals surface area (Å²) in [4.78, 5) is 0. The van der Waals surface area contributed by atoms with Crippen LogP contribution in [0.25, 0.3) is 0 Å². The van der Waals surface area contributed by atoms with E-state index in [1.165, 1.54) is 0 Å². The summed E-state index contributed by atoms with van der Waals surface area (Å²) >= 11 is -1.80. The molecule has 0 saturated heterocycles. The Morgan fingerprint density at radius 2 is 1.76 bits per heavy atom. The number of halogens is 1. The molecule has 1 unspecified atom stereocenters. The van der Waals surface area contributed by atoms with Gasteiger partial charge in [0.25, 0.3) is 0 Å². The molecule has 17 heavy (non-hydrogen) atoms. The number of hydrogen-bond donors (Lipinski definition) is 0. The molecule has 94 valence electrons. The first-order valence-electron chi connectivity index (χ1n) is 5.70. The molecule has 1 aromatic rings. The molecule has 3 nitrogen and oxygen atoms in total. The summed E-state index contributed by atoms with van der Waals surface area (Å²) in [6, 6.07) is 8.85. The zero-order valence-electron chi connectivity index (χ0n) is 9.38. The summed E-state index contributed by atoms with van der Waals surface area (Å²) in [6.45, 7) is 0. The second kappa shape index (κ2) is 6.12. The van der Waals surface area contributed by atoms with Crippen molar-refractivity contribution in [3.63, 3.8) is 0 Å². The number of rotatable bonds is 4. The van der Waals surface area contributed by atoms with E-state index in [0.717, 1.165) is 0 Å². The molecule has 1 aliphatic rings. The number of para-hydroxylation sites is 1. The fourth-order valence-corrected chi connectivity index (χ4v) is 2.53. The van der Waals surface area contributed by atoms with Crippen molar-refractivity contribution in [1.82, 2.24) is 0 Å². The summed E-state index contributed by atoms with van der Waals surface area (Å²) in [5, 5.41) is 0. The van der Waals surface area contributed by atoms with E-state index in [-0.39, 0.29) is 6.10 Å². The van der Waals surface area contributed by atoms with Gasteiger partial charge < -0.3 is 4.18 Å². The lowest BCUT2D eigenvalue weighted by molar-refractivity contribution is 0.118. The van der Waals surface area contributed by atoms with Gasteiger partial charge >= 0.3 is 11.4 Å². The van der Waals surface area contributed by atoms with Gasteiger partial charge in [-0.15, -0.1) is 0 Å². The minimum atomic E-state index is -1.80. The van der Waals surface area contributed by atoms with E-state index >= 15 is 0 Å². The van der Waals surface area contributed by atoms with Gasteiger partial charge in [-0.05, 0) is 37.8 Å². The first-order chi connectivity index (χ1) is 8.24. The molecule has 0 aromatic heterocycles. The molecule has 0 aliphatic heterocycles. The van der Waals surface area contributed by atoms with E-state index < -0.39 is 17.5 Å². The normalized spacial score (nSPS) is 26.4. The minimum Gasteiger partial charge on any atom is -0.380 e. The molecule has 1 aromatic carbocycles. The standard InChI is InChI=1S/C12H15FO3S/c13-10-6-8-12(9-7-10)16-17(14)15-11-4-2-1-3-5-11/h1-5,10,12H,6-9H2. The van der Waals surface area contributed by atoms with Crippen LogP contribution in [0.5, 0.6) is 5.75 Å². The number of hydrogen-bond acceptors (Lipinski definition) is 3. The van der Waals surface area contributed by atoms with Crippen LogP contribution in [0.4, 0.5) is 4.39 Å². The van der Waals surface area contributed by atoms with Crippen molar-refractivity contribution in [3.8, 4) is 5.75 Å². The first kappa shape index (κ1) is 12.5. The molecule has 1 fully saturated rings. The van der Waals surface area contributed by atoms with Crippen LogP contribution >= 0.6 is 0 Å². The Kier molecular flexibility index (Phi) is 4.50. The molecule has 1 saturated carbocycles. The van der Waals surface area contributed by atoms with Crippen molar-refractivity contribution < 1.29 is 17.0 Å². The molecule has 0 radical (unpaired) electrons. The van der Waals surface area contributed by atoms with Crippen molar-refractivity contribution >= 4 is 11.4 Å². The van der Waals surface area contributed by atoms with Gasteiger partial charge in [-0.3, -0.25) is 4.18 Å². The predicted molar refractivity (Wildman–Crippen MR) is 63.4 cm³/mol. The molecule has 1 atom stereocenters. The average molecular weight is 258 g/mol. The van der Waals surface area contributed by atoms with Crippen LogP contribution < -0.4 is 4.18 Å². The maximum absolute atomic E-state index is 12.9. The highest BCUT2D eigenvalue weighted by molar-refractivity contribution is 7.75. The molecule has 0 amide bonds. The Hall–Kier alpha value is -0.940. The van der Waals surface area contributed by atoms with Gasteiger partial charge in [0.15, 0.2) is 0 Å². The molecule has 1 aliphatic carbocycles. The smallest absolute Gasteiger partial charge is 0.360 e. The number of benzene rings is 1. The lowest BCUT2D eigenvalue weighted by Gasteiger charge is -2.22. The monoisotopic (exact) mass is 258 g/mol. The first-order valence-corrected chi connectivity index (χ1v) is 6.70.